The molecule has 0 saturated carbocycles. The number of amides is 1. The van der Waals surface area contributed by atoms with Crippen molar-refractivity contribution in [1.82, 2.24) is 14.6 Å². The van der Waals surface area contributed by atoms with Crippen molar-refractivity contribution < 1.29 is 35.5 Å². The molecule has 0 spiro atoms. The molecule has 0 fully saturated rings. The van der Waals surface area contributed by atoms with E-state index < -0.39 is 52.3 Å². The molecular formula is C14H5F7N4O. The summed E-state index contributed by atoms with van der Waals surface area (Å²) in [7, 11) is 0. The first-order valence-electron chi connectivity index (χ1n) is 6.66. The molecule has 5 nitrogen and oxygen atoms in total. The number of hydrogen-bond acceptors (Lipinski definition) is 3. The Morgan fingerprint density at radius 1 is 1.04 bits per heavy atom. The van der Waals surface area contributed by atoms with Gasteiger partial charge in [-0.2, -0.15) is 18.3 Å². The number of fused-ring (bicyclic) bond motifs is 1. The van der Waals surface area contributed by atoms with Crippen LogP contribution < -0.4 is 5.32 Å². The van der Waals surface area contributed by atoms with Crippen molar-refractivity contribution in [2.24, 2.45) is 0 Å². The number of rotatable bonds is 2. The second-order valence-corrected chi connectivity index (χ2v) is 4.91. The SMILES string of the molecule is O=C(Nc1c(F)c(F)c(C(F)(F)F)c(F)c1F)c1cc2ncccn2n1. The van der Waals surface area contributed by atoms with Crippen molar-refractivity contribution in [2.45, 2.75) is 6.18 Å². The zero-order chi connectivity index (χ0) is 19.2. The van der Waals surface area contributed by atoms with Crippen molar-refractivity contribution in [2.75, 3.05) is 5.32 Å². The lowest BCUT2D eigenvalue weighted by Gasteiger charge is -2.14. The minimum Gasteiger partial charge on any atom is -0.315 e. The van der Waals surface area contributed by atoms with E-state index in [1.807, 2.05) is 0 Å². The number of anilines is 1. The van der Waals surface area contributed by atoms with E-state index in [4.69, 9.17) is 0 Å². The summed E-state index contributed by atoms with van der Waals surface area (Å²) in [5.41, 5.74) is -4.71. The summed E-state index contributed by atoms with van der Waals surface area (Å²) in [6.07, 6.45) is -2.93. The number of nitrogens with one attached hydrogen (secondary N) is 1. The van der Waals surface area contributed by atoms with Gasteiger partial charge in [0.05, 0.1) is 0 Å². The highest BCUT2D eigenvalue weighted by Crippen LogP contribution is 2.38. The standard InChI is InChI=1S/C14H5F7N4O/c15-8-7(14(19,20)21)9(16)11(18)12(10(8)17)23-13(26)5-4-6-22-2-1-3-25(6)24-5/h1-4H,(H,23,26). The highest BCUT2D eigenvalue weighted by molar-refractivity contribution is 6.03. The van der Waals surface area contributed by atoms with Gasteiger partial charge in [0.15, 0.2) is 34.6 Å². The molecule has 2 aromatic heterocycles. The van der Waals surface area contributed by atoms with Gasteiger partial charge in [-0.1, -0.05) is 0 Å². The van der Waals surface area contributed by atoms with E-state index in [9.17, 15) is 35.5 Å². The molecule has 1 amide bonds. The Hall–Kier alpha value is -3.18. The maximum atomic E-state index is 13.8. The van der Waals surface area contributed by atoms with Gasteiger partial charge in [-0.25, -0.2) is 27.1 Å². The van der Waals surface area contributed by atoms with Crippen LogP contribution in [0.4, 0.5) is 36.4 Å². The molecule has 1 aromatic carbocycles. The van der Waals surface area contributed by atoms with Crippen molar-refractivity contribution in [3.63, 3.8) is 0 Å². The van der Waals surface area contributed by atoms with E-state index >= 15 is 0 Å². The first kappa shape index (κ1) is 17.6. The number of halogens is 7. The van der Waals surface area contributed by atoms with Crippen molar-refractivity contribution in [3.8, 4) is 0 Å². The molecule has 3 rings (SSSR count). The Morgan fingerprint density at radius 3 is 2.19 bits per heavy atom. The molecular weight excluding hydrogens is 373 g/mol. The molecule has 12 heteroatoms. The fourth-order valence-electron chi connectivity index (χ4n) is 2.11. The van der Waals surface area contributed by atoms with Gasteiger partial charge in [0.25, 0.3) is 5.91 Å². The molecule has 0 atom stereocenters. The maximum Gasteiger partial charge on any atom is 0.422 e. The van der Waals surface area contributed by atoms with Gasteiger partial charge in [-0.05, 0) is 6.07 Å². The smallest absolute Gasteiger partial charge is 0.315 e. The summed E-state index contributed by atoms with van der Waals surface area (Å²) in [6.45, 7) is 0. The van der Waals surface area contributed by atoms with E-state index in [-0.39, 0.29) is 5.65 Å². The molecule has 0 unspecified atom stereocenters. The average Bonchev–Trinajstić information content (AvgIpc) is 3.00. The van der Waals surface area contributed by atoms with Crippen LogP contribution in [-0.4, -0.2) is 20.5 Å². The van der Waals surface area contributed by atoms with Gasteiger partial charge in [0, 0.05) is 18.5 Å². The second kappa shape index (κ2) is 5.97. The van der Waals surface area contributed by atoms with E-state index in [1.54, 1.807) is 0 Å². The summed E-state index contributed by atoms with van der Waals surface area (Å²) in [5.74, 6) is -11.5. The molecule has 3 aromatic rings. The predicted molar refractivity (Wildman–Crippen MR) is 72.2 cm³/mol. The summed E-state index contributed by atoms with van der Waals surface area (Å²) in [6, 6.07) is 2.55. The van der Waals surface area contributed by atoms with Gasteiger partial charge >= 0.3 is 6.18 Å². The number of benzene rings is 1. The molecule has 2 heterocycles. The normalized spacial score (nSPS) is 11.8. The van der Waals surface area contributed by atoms with Gasteiger partial charge in [-0.3, -0.25) is 4.79 Å². The average molecular weight is 378 g/mol. The largest absolute Gasteiger partial charge is 0.422 e. The fourth-order valence-corrected chi connectivity index (χ4v) is 2.11. The van der Waals surface area contributed by atoms with Crippen LogP contribution in [0.15, 0.2) is 24.5 Å². The number of carbonyl (C=O) groups is 1. The van der Waals surface area contributed by atoms with Crippen molar-refractivity contribution in [3.05, 3.63) is 59.1 Å². The van der Waals surface area contributed by atoms with Crippen LogP contribution >= 0.6 is 0 Å². The van der Waals surface area contributed by atoms with Crippen LogP contribution in [0.25, 0.3) is 5.65 Å². The van der Waals surface area contributed by atoms with Crippen molar-refractivity contribution in [1.29, 1.82) is 0 Å². The molecule has 1 N–H and O–H groups in total. The molecule has 0 aliphatic rings. The summed E-state index contributed by atoms with van der Waals surface area (Å²) in [4.78, 5) is 15.8. The van der Waals surface area contributed by atoms with E-state index in [2.05, 4.69) is 10.1 Å². The maximum absolute atomic E-state index is 13.8. The third-order valence-electron chi connectivity index (χ3n) is 3.25. The number of aromatic nitrogens is 3. The molecule has 26 heavy (non-hydrogen) atoms. The summed E-state index contributed by atoms with van der Waals surface area (Å²) in [5, 5.41) is 5.18. The third-order valence-corrected chi connectivity index (χ3v) is 3.25. The zero-order valence-electron chi connectivity index (χ0n) is 12.2. The monoisotopic (exact) mass is 378 g/mol. The van der Waals surface area contributed by atoms with Crippen LogP contribution in [-0.2, 0) is 6.18 Å². The minimum atomic E-state index is -5.67. The van der Waals surface area contributed by atoms with Gasteiger partial charge in [0.1, 0.15) is 11.3 Å². The Morgan fingerprint density at radius 2 is 1.65 bits per heavy atom. The van der Waals surface area contributed by atoms with Crippen LogP contribution in [0.3, 0.4) is 0 Å². The van der Waals surface area contributed by atoms with Crippen LogP contribution in [0.2, 0.25) is 0 Å². The zero-order valence-corrected chi connectivity index (χ0v) is 12.2. The first-order valence-corrected chi connectivity index (χ1v) is 6.66. The summed E-state index contributed by atoms with van der Waals surface area (Å²) < 4.78 is 93.3. The highest BCUT2D eigenvalue weighted by Gasteiger charge is 2.42. The molecule has 0 radical (unpaired) electrons. The van der Waals surface area contributed by atoms with E-state index in [1.165, 1.54) is 23.8 Å². The number of nitrogens with zero attached hydrogens (tertiary/aromatic N) is 3. The second-order valence-electron chi connectivity index (χ2n) is 4.91. The lowest BCUT2D eigenvalue weighted by Crippen LogP contribution is -2.20. The van der Waals surface area contributed by atoms with E-state index in [0.29, 0.717) is 0 Å². The fraction of sp³-hybridized carbons (Fsp3) is 0.0714. The topological polar surface area (TPSA) is 59.3 Å². The predicted octanol–water partition coefficient (Wildman–Crippen LogP) is 3.56. The molecule has 0 saturated heterocycles. The van der Waals surface area contributed by atoms with Gasteiger partial charge < -0.3 is 5.32 Å². The minimum absolute atomic E-state index is 0.170. The Bertz CT molecular complexity index is 966. The van der Waals surface area contributed by atoms with Crippen LogP contribution in [0.1, 0.15) is 16.1 Å². The molecule has 136 valence electrons. The number of hydrogen-bond donors (Lipinski definition) is 1. The lowest BCUT2D eigenvalue weighted by atomic mass is 10.1. The molecule has 0 aliphatic heterocycles. The van der Waals surface area contributed by atoms with Crippen molar-refractivity contribution >= 4 is 17.2 Å². The van der Waals surface area contributed by atoms with Crippen LogP contribution in [0.5, 0.6) is 0 Å². The first-order chi connectivity index (χ1) is 12.1. The highest BCUT2D eigenvalue weighted by atomic mass is 19.4. The van der Waals surface area contributed by atoms with Gasteiger partial charge in [-0.15, -0.1) is 0 Å². The van der Waals surface area contributed by atoms with Gasteiger partial charge in [0.2, 0.25) is 0 Å². The Kier molecular flexibility index (Phi) is 4.05. The number of alkyl halides is 3. The molecule has 0 bridgehead atoms. The Balaban J connectivity index is 2.03. The third kappa shape index (κ3) is 2.82. The quantitative estimate of drug-likeness (QED) is 0.548. The van der Waals surface area contributed by atoms with E-state index in [0.717, 1.165) is 10.6 Å². The Labute approximate surface area is 139 Å². The van der Waals surface area contributed by atoms with Crippen LogP contribution in [0, 0.1) is 23.3 Å². The lowest BCUT2D eigenvalue weighted by molar-refractivity contribution is -0.143. The molecule has 0 aliphatic carbocycles. The summed E-state index contributed by atoms with van der Waals surface area (Å²) >= 11 is 0. The number of carbonyl (C=O) groups excluding carboxylic acids is 1.